The first kappa shape index (κ1) is 17.8. The molecule has 138 valence electrons. The molecule has 10 heteroatoms. The van der Waals surface area contributed by atoms with Gasteiger partial charge in [-0.05, 0) is 6.42 Å². The molecule has 0 amide bonds. The van der Waals surface area contributed by atoms with Crippen LogP contribution >= 0.6 is 11.3 Å². The van der Waals surface area contributed by atoms with Crippen molar-refractivity contribution in [1.29, 1.82) is 0 Å². The standard InChI is InChI=1S/C16H20N6O3S/c1-5-9-8-26-16(19-9)22-14(17)20-15(21-22)18-10-6-11(23-2)13(25-4)12(7-10)24-3/h6-8H,5H2,1-4H3,(H3,17,18,20,21). The number of aromatic nitrogens is 4. The lowest BCUT2D eigenvalue weighted by atomic mass is 10.2. The molecule has 0 bridgehead atoms. The van der Waals surface area contributed by atoms with Crippen molar-refractivity contribution < 1.29 is 14.2 Å². The summed E-state index contributed by atoms with van der Waals surface area (Å²) in [6, 6.07) is 3.52. The van der Waals surface area contributed by atoms with Crippen LogP contribution in [-0.4, -0.2) is 41.1 Å². The van der Waals surface area contributed by atoms with Crippen LogP contribution in [0.3, 0.4) is 0 Å². The molecule has 3 aromatic rings. The van der Waals surface area contributed by atoms with Gasteiger partial charge in [-0.15, -0.1) is 16.4 Å². The Labute approximate surface area is 154 Å². The summed E-state index contributed by atoms with van der Waals surface area (Å²) >= 11 is 1.46. The molecular formula is C16H20N6O3S. The van der Waals surface area contributed by atoms with Crippen LogP contribution in [0.25, 0.3) is 5.13 Å². The number of benzene rings is 1. The predicted octanol–water partition coefficient (Wildman–Crippen LogP) is 2.64. The van der Waals surface area contributed by atoms with Crippen molar-refractivity contribution in [2.24, 2.45) is 0 Å². The zero-order valence-corrected chi connectivity index (χ0v) is 15.8. The normalized spacial score (nSPS) is 10.6. The maximum atomic E-state index is 5.98. The van der Waals surface area contributed by atoms with Crippen LogP contribution in [0.5, 0.6) is 17.2 Å². The van der Waals surface area contributed by atoms with Gasteiger partial charge in [0, 0.05) is 23.2 Å². The number of ether oxygens (including phenoxy) is 3. The summed E-state index contributed by atoms with van der Waals surface area (Å²) in [5.41, 5.74) is 7.64. The number of nitrogens with zero attached hydrogens (tertiary/aromatic N) is 4. The molecule has 0 fully saturated rings. The third-order valence-electron chi connectivity index (χ3n) is 3.64. The summed E-state index contributed by atoms with van der Waals surface area (Å²) in [5.74, 6) is 2.14. The Morgan fingerprint density at radius 2 is 1.81 bits per heavy atom. The topological polar surface area (TPSA) is 109 Å². The van der Waals surface area contributed by atoms with Crippen LogP contribution in [-0.2, 0) is 6.42 Å². The largest absolute Gasteiger partial charge is 0.493 e. The number of rotatable bonds is 7. The number of hydrogen-bond donors (Lipinski definition) is 2. The molecule has 2 aromatic heterocycles. The zero-order chi connectivity index (χ0) is 18.7. The molecule has 0 aliphatic rings. The molecule has 0 aliphatic heterocycles. The fourth-order valence-electron chi connectivity index (χ4n) is 2.36. The van der Waals surface area contributed by atoms with E-state index in [-0.39, 0.29) is 5.95 Å². The highest BCUT2D eigenvalue weighted by Crippen LogP contribution is 2.40. The lowest BCUT2D eigenvalue weighted by Crippen LogP contribution is -2.02. The molecule has 0 unspecified atom stereocenters. The van der Waals surface area contributed by atoms with Gasteiger partial charge >= 0.3 is 0 Å². The highest BCUT2D eigenvalue weighted by Gasteiger charge is 2.16. The van der Waals surface area contributed by atoms with Crippen LogP contribution in [0.15, 0.2) is 17.5 Å². The summed E-state index contributed by atoms with van der Waals surface area (Å²) < 4.78 is 17.5. The Hall–Kier alpha value is -3.01. The summed E-state index contributed by atoms with van der Waals surface area (Å²) in [6.07, 6.45) is 0.849. The van der Waals surface area contributed by atoms with Gasteiger partial charge in [0.15, 0.2) is 11.5 Å². The van der Waals surface area contributed by atoms with E-state index in [0.717, 1.165) is 12.1 Å². The van der Waals surface area contributed by atoms with E-state index in [9.17, 15) is 0 Å². The Kier molecular flexibility index (Phi) is 5.12. The van der Waals surface area contributed by atoms with Crippen molar-refractivity contribution in [3.05, 3.63) is 23.2 Å². The first-order valence-corrected chi connectivity index (χ1v) is 8.71. The Balaban J connectivity index is 1.91. The van der Waals surface area contributed by atoms with E-state index in [0.29, 0.717) is 34.0 Å². The molecule has 0 aliphatic carbocycles. The van der Waals surface area contributed by atoms with E-state index < -0.39 is 0 Å². The van der Waals surface area contributed by atoms with Crippen molar-refractivity contribution in [3.8, 4) is 22.4 Å². The fourth-order valence-corrected chi connectivity index (χ4v) is 3.22. The van der Waals surface area contributed by atoms with Crippen LogP contribution < -0.4 is 25.3 Å². The van der Waals surface area contributed by atoms with E-state index in [1.54, 1.807) is 33.5 Å². The molecule has 0 radical (unpaired) electrons. The van der Waals surface area contributed by atoms with E-state index in [1.807, 2.05) is 12.3 Å². The van der Waals surface area contributed by atoms with Crippen molar-refractivity contribution in [2.45, 2.75) is 13.3 Å². The fraction of sp³-hybridized carbons (Fsp3) is 0.312. The van der Waals surface area contributed by atoms with Gasteiger partial charge < -0.3 is 25.3 Å². The number of aryl methyl sites for hydroxylation is 1. The number of nitrogens with one attached hydrogen (secondary N) is 1. The summed E-state index contributed by atoms with van der Waals surface area (Å²) in [4.78, 5) is 8.72. The molecule has 3 rings (SSSR count). The minimum atomic E-state index is 0.247. The quantitative estimate of drug-likeness (QED) is 0.648. The number of hydrogen-bond acceptors (Lipinski definition) is 9. The third kappa shape index (κ3) is 3.36. The zero-order valence-electron chi connectivity index (χ0n) is 14.9. The van der Waals surface area contributed by atoms with Gasteiger partial charge in [-0.25, -0.2) is 4.98 Å². The van der Waals surface area contributed by atoms with Gasteiger partial charge in [-0.2, -0.15) is 9.67 Å². The van der Waals surface area contributed by atoms with Crippen molar-refractivity contribution in [2.75, 3.05) is 32.4 Å². The molecule has 0 saturated heterocycles. The number of nitrogen functional groups attached to an aromatic ring is 1. The minimum Gasteiger partial charge on any atom is -0.493 e. The van der Waals surface area contributed by atoms with Crippen LogP contribution in [0, 0.1) is 0 Å². The van der Waals surface area contributed by atoms with E-state index >= 15 is 0 Å². The maximum absolute atomic E-state index is 5.98. The van der Waals surface area contributed by atoms with Gasteiger partial charge in [0.05, 0.1) is 27.0 Å². The highest BCUT2D eigenvalue weighted by atomic mass is 32.1. The number of methoxy groups -OCH3 is 3. The second-order valence-electron chi connectivity index (χ2n) is 5.22. The van der Waals surface area contributed by atoms with Gasteiger partial charge in [-0.1, -0.05) is 6.92 Å². The summed E-state index contributed by atoms with van der Waals surface area (Å²) in [6.45, 7) is 2.04. The van der Waals surface area contributed by atoms with Gasteiger partial charge in [0.25, 0.3) is 0 Å². The van der Waals surface area contributed by atoms with Crippen molar-refractivity contribution in [3.63, 3.8) is 0 Å². The Bertz CT molecular complexity index is 882. The molecule has 26 heavy (non-hydrogen) atoms. The summed E-state index contributed by atoms with van der Waals surface area (Å²) in [5, 5.41) is 10.1. The van der Waals surface area contributed by atoms with Gasteiger partial charge in [0.1, 0.15) is 0 Å². The second kappa shape index (κ2) is 7.48. The number of nitrogens with two attached hydrogens (primary N) is 1. The van der Waals surface area contributed by atoms with Gasteiger partial charge in [0.2, 0.25) is 22.8 Å². The highest BCUT2D eigenvalue weighted by molar-refractivity contribution is 7.12. The first-order chi connectivity index (χ1) is 12.6. The number of anilines is 3. The van der Waals surface area contributed by atoms with Crippen LogP contribution in [0.4, 0.5) is 17.6 Å². The van der Waals surface area contributed by atoms with Crippen LogP contribution in [0.2, 0.25) is 0 Å². The van der Waals surface area contributed by atoms with Crippen molar-refractivity contribution in [1.82, 2.24) is 19.7 Å². The lowest BCUT2D eigenvalue weighted by molar-refractivity contribution is 0.324. The monoisotopic (exact) mass is 376 g/mol. The molecule has 1 aromatic carbocycles. The van der Waals surface area contributed by atoms with E-state index in [4.69, 9.17) is 19.9 Å². The first-order valence-electron chi connectivity index (χ1n) is 7.83. The third-order valence-corrected chi connectivity index (χ3v) is 4.50. The molecule has 0 saturated carbocycles. The molecule has 0 spiro atoms. The molecule has 2 heterocycles. The number of thiazole rings is 1. The molecular weight excluding hydrogens is 356 g/mol. The summed E-state index contributed by atoms with van der Waals surface area (Å²) in [7, 11) is 4.66. The second-order valence-corrected chi connectivity index (χ2v) is 6.06. The van der Waals surface area contributed by atoms with E-state index in [2.05, 4.69) is 20.4 Å². The average Bonchev–Trinajstić information content (AvgIpc) is 3.26. The Morgan fingerprint density at radius 3 is 2.35 bits per heavy atom. The lowest BCUT2D eigenvalue weighted by Gasteiger charge is -2.14. The van der Waals surface area contributed by atoms with E-state index in [1.165, 1.54) is 16.0 Å². The molecule has 9 nitrogen and oxygen atoms in total. The predicted molar refractivity (Wildman–Crippen MR) is 100 cm³/mol. The van der Waals surface area contributed by atoms with Crippen LogP contribution in [0.1, 0.15) is 12.6 Å². The van der Waals surface area contributed by atoms with Crippen molar-refractivity contribution >= 4 is 28.9 Å². The average molecular weight is 376 g/mol. The minimum absolute atomic E-state index is 0.247. The SMILES string of the molecule is CCc1csc(-n2nc(Nc3cc(OC)c(OC)c(OC)c3)nc2N)n1. The molecule has 3 N–H and O–H groups in total. The molecule has 0 atom stereocenters. The Morgan fingerprint density at radius 1 is 1.12 bits per heavy atom. The van der Waals surface area contributed by atoms with Gasteiger partial charge in [-0.3, -0.25) is 0 Å². The maximum Gasteiger partial charge on any atom is 0.248 e. The smallest absolute Gasteiger partial charge is 0.248 e.